The highest BCUT2D eigenvalue weighted by Gasteiger charge is 2.36. The zero-order valence-corrected chi connectivity index (χ0v) is 8.81. The molecule has 2 aliphatic heterocycles. The predicted octanol–water partition coefficient (Wildman–Crippen LogP) is 1.61. The summed E-state index contributed by atoms with van der Waals surface area (Å²) in [5, 5.41) is 3.56. The molecule has 0 saturated carbocycles. The van der Waals surface area contributed by atoms with Crippen LogP contribution in [-0.4, -0.2) is 37.1 Å². The van der Waals surface area contributed by atoms with Crippen LogP contribution in [0, 0.1) is 0 Å². The molecule has 0 aliphatic carbocycles. The number of likely N-dealkylation sites (tertiary alicyclic amines) is 1. The van der Waals surface area contributed by atoms with Crippen LogP contribution in [0.4, 0.5) is 0 Å². The number of piperidine rings is 1. The van der Waals surface area contributed by atoms with Crippen molar-refractivity contribution in [2.24, 2.45) is 0 Å². The van der Waals surface area contributed by atoms with Crippen molar-refractivity contribution in [1.29, 1.82) is 0 Å². The number of nitrogens with one attached hydrogen (secondary N) is 1. The molecule has 0 radical (unpaired) electrons. The molecule has 2 heteroatoms. The number of hydrogen-bond donors (Lipinski definition) is 1. The van der Waals surface area contributed by atoms with Gasteiger partial charge >= 0.3 is 0 Å². The first-order valence-electron chi connectivity index (χ1n) is 5.75. The Morgan fingerprint density at radius 2 is 1.92 bits per heavy atom. The van der Waals surface area contributed by atoms with Gasteiger partial charge in [-0.05, 0) is 45.8 Å². The van der Waals surface area contributed by atoms with E-state index in [-0.39, 0.29) is 0 Å². The summed E-state index contributed by atoms with van der Waals surface area (Å²) in [5.41, 5.74) is 0.523. The van der Waals surface area contributed by atoms with Crippen LogP contribution in [0.1, 0.15) is 38.5 Å². The van der Waals surface area contributed by atoms with Gasteiger partial charge in [-0.3, -0.25) is 4.90 Å². The molecule has 2 heterocycles. The van der Waals surface area contributed by atoms with Gasteiger partial charge in [-0.15, -0.1) is 0 Å². The molecule has 13 heavy (non-hydrogen) atoms. The molecule has 1 N–H and O–H groups in total. The van der Waals surface area contributed by atoms with Gasteiger partial charge in [-0.1, -0.05) is 12.8 Å². The Labute approximate surface area is 81.7 Å². The van der Waals surface area contributed by atoms with Crippen LogP contribution in [0.25, 0.3) is 0 Å². The molecule has 2 nitrogen and oxygen atoms in total. The van der Waals surface area contributed by atoms with E-state index in [4.69, 9.17) is 0 Å². The summed E-state index contributed by atoms with van der Waals surface area (Å²) in [6.45, 7) is 3.76. The van der Waals surface area contributed by atoms with Gasteiger partial charge in [0.25, 0.3) is 0 Å². The smallest absolute Gasteiger partial charge is 0.0331 e. The number of nitrogens with zero attached hydrogens (tertiary/aromatic N) is 1. The largest absolute Gasteiger partial charge is 0.315 e. The van der Waals surface area contributed by atoms with Crippen molar-refractivity contribution in [2.45, 2.75) is 44.1 Å². The molecule has 0 bridgehead atoms. The second kappa shape index (κ2) is 3.97. The Kier molecular flexibility index (Phi) is 2.89. The maximum Gasteiger partial charge on any atom is 0.0331 e. The summed E-state index contributed by atoms with van der Waals surface area (Å²) in [7, 11) is 2.32. The van der Waals surface area contributed by atoms with Gasteiger partial charge in [-0.25, -0.2) is 0 Å². The second-order valence-electron chi connectivity index (χ2n) is 4.74. The zero-order chi connectivity index (χ0) is 9.15. The Balaban J connectivity index is 2.06. The Bertz CT molecular complexity index is 161. The first-order chi connectivity index (χ1) is 6.33. The van der Waals surface area contributed by atoms with E-state index >= 15 is 0 Å². The van der Waals surface area contributed by atoms with Crippen LogP contribution in [0.15, 0.2) is 0 Å². The quantitative estimate of drug-likeness (QED) is 0.612. The molecule has 0 aromatic rings. The van der Waals surface area contributed by atoms with Crippen LogP contribution in [-0.2, 0) is 0 Å². The third-order valence-corrected chi connectivity index (χ3v) is 3.90. The third kappa shape index (κ3) is 1.89. The molecule has 2 aliphatic rings. The van der Waals surface area contributed by atoms with E-state index in [2.05, 4.69) is 17.3 Å². The average molecular weight is 182 g/mol. The lowest BCUT2D eigenvalue weighted by molar-refractivity contribution is 0.0886. The molecule has 0 aromatic carbocycles. The minimum Gasteiger partial charge on any atom is -0.315 e. The van der Waals surface area contributed by atoms with Gasteiger partial charge in [0.2, 0.25) is 0 Å². The molecule has 1 spiro atoms. The van der Waals surface area contributed by atoms with Gasteiger partial charge in [0.15, 0.2) is 0 Å². The summed E-state index contributed by atoms with van der Waals surface area (Å²) in [4.78, 5) is 2.62. The SMILES string of the molecule is CN1CCCCCC12CCCNC2. The Hall–Kier alpha value is -0.0800. The molecular weight excluding hydrogens is 160 g/mol. The fourth-order valence-corrected chi connectivity index (χ4v) is 2.90. The molecule has 1 unspecified atom stereocenters. The standard InChI is InChI=1S/C11H22N2/c1-13-9-4-2-3-6-11(13)7-5-8-12-10-11/h12H,2-10H2,1H3. The maximum atomic E-state index is 3.56. The number of likely N-dealkylation sites (N-methyl/N-ethyl adjacent to an activating group) is 1. The maximum absolute atomic E-state index is 3.56. The summed E-state index contributed by atoms with van der Waals surface area (Å²) in [5.74, 6) is 0. The second-order valence-corrected chi connectivity index (χ2v) is 4.74. The molecule has 2 fully saturated rings. The van der Waals surface area contributed by atoms with E-state index in [0.717, 1.165) is 0 Å². The fourth-order valence-electron chi connectivity index (χ4n) is 2.90. The summed E-state index contributed by atoms with van der Waals surface area (Å²) in [6, 6.07) is 0. The van der Waals surface area contributed by atoms with E-state index < -0.39 is 0 Å². The lowest BCUT2D eigenvalue weighted by Crippen LogP contribution is -2.55. The van der Waals surface area contributed by atoms with Crippen LogP contribution >= 0.6 is 0 Å². The van der Waals surface area contributed by atoms with Crippen molar-refractivity contribution in [3.63, 3.8) is 0 Å². The number of hydrogen-bond acceptors (Lipinski definition) is 2. The van der Waals surface area contributed by atoms with Gasteiger partial charge in [0.05, 0.1) is 0 Å². The van der Waals surface area contributed by atoms with Crippen LogP contribution in [0.5, 0.6) is 0 Å². The van der Waals surface area contributed by atoms with Crippen molar-refractivity contribution in [2.75, 3.05) is 26.7 Å². The summed E-state index contributed by atoms with van der Waals surface area (Å²) in [6.07, 6.45) is 8.47. The van der Waals surface area contributed by atoms with Gasteiger partial charge in [0, 0.05) is 12.1 Å². The molecule has 0 amide bonds. The van der Waals surface area contributed by atoms with E-state index in [9.17, 15) is 0 Å². The summed E-state index contributed by atoms with van der Waals surface area (Å²) >= 11 is 0. The summed E-state index contributed by atoms with van der Waals surface area (Å²) < 4.78 is 0. The Morgan fingerprint density at radius 1 is 1.08 bits per heavy atom. The highest BCUT2D eigenvalue weighted by Crippen LogP contribution is 2.31. The minimum absolute atomic E-state index is 0.523. The van der Waals surface area contributed by atoms with Crippen molar-refractivity contribution in [3.05, 3.63) is 0 Å². The van der Waals surface area contributed by atoms with E-state index in [1.165, 1.54) is 58.2 Å². The highest BCUT2D eigenvalue weighted by atomic mass is 15.2. The molecular formula is C11H22N2. The molecule has 1 atom stereocenters. The first kappa shape index (κ1) is 9.47. The lowest BCUT2D eigenvalue weighted by Gasteiger charge is -2.44. The van der Waals surface area contributed by atoms with Gasteiger partial charge in [0.1, 0.15) is 0 Å². The van der Waals surface area contributed by atoms with Crippen molar-refractivity contribution in [1.82, 2.24) is 10.2 Å². The van der Waals surface area contributed by atoms with Crippen LogP contribution in [0.2, 0.25) is 0 Å². The van der Waals surface area contributed by atoms with Crippen molar-refractivity contribution >= 4 is 0 Å². The minimum atomic E-state index is 0.523. The normalized spacial score (nSPS) is 37.6. The predicted molar refractivity (Wildman–Crippen MR) is 55.9 cm³/mol. The van der Waals surface area contributed by atoms with Crippen LogP contribution in [0.3, 0.4) is 0 Å². The monoisotopic (exact) mass is 182 g/mol. The van der Waals surface area contributed by atoms with E-state index in [0.29, 0.717) is 5.54 Å². The molecule has 76 valence electrons. The average Bonchev–Trinajstić information content (AvgIpc) is 2.33. The van der Waals surface area contributed by atoms with Crippen molar-refractivity contribution < 1.29 is 0 Å². The van der Waals surface area contributed by atoms with Gasteiger partial charge in [-0.2, -0.15) is 0 Å². The van der Waals surface area contributed by atoms with Crippen molar-refractivity contribution in [3.8, 4) is 0 Å². The fraction of sp³-hybridized carbons (Fsp3) is 1.00. The Morgan fingerprint density at radius 3 is 2.69 bits per heavy atom. The lowest BCUT2D eigenvalue weighted by atomic mass is 9.85. The third-order valence-electron chi connectivity index (χ3n) is 3.90. The van der Waals surface area contributed by atoms with Gasteiger partial charge < -0.3 is 5.32 Å². The first-order valence-corrected chi connectivity index (χ1v) is 5.75. The van der Waals surface area contributed by atoms with Crippen LogP contribution < -0.4 is 5.32 Å². The molecule has 2 saturated heterocycles. The highest BCUT2D eigenvalue weighted by molar-refractivity contribution is 4.95. The topological polar surface area (TPSA) is 15.3 Å². The zero-order valence-electron chi connectivity index (χ0n) is 8.81. The van der Waals surface area contributed by atoms with E-state index in [1.807, 2.05) is 0 Å². The molecule has 2 rings (SSSR count). The van der Waals surface area contributed by atoms with E-state index in [1.54, 1.807) is 0 Å². The molecule has 0 aromatic heterocycles. The number of rotatable bonds is 0.